The van der Waals surface area contributed by atoms with Crippen LogP contribution in [0.3, 0.4) is 0 Å². The first-order chi connectivity index (χ1) is 7.40. The van der Waals surface area contributed by atoms with Gasteiger partial charge in [0.2, 0.25) is 0 Å². The van der Waals surface area contributed by atoms with Gasteiger partial charge in [-0.3, -0.25) is 4.99 Å². The molecule has 1 aromatic carbocycles. The second-order valence-electron chi connectivity index (χ2n) is 5.01. The molecule has 0 aliphatic heterocycles. The van der Waals surface area contributed by atoms with Crippen LogP contribution in [0.4, 0.5) is 0 Å². The summed E-state index contributed by atoms with van der Waals surface area (Å²) in [5.41, 5.74) is 4.15. The van der Waals surface area contributed by atoms with Gasteiger partial charge in [-0.05, 0) is 29.7 Å². The first kappa shape index (κ1) is 13.3. The lowest BCUT2D eigenvalue weighted by Crippen LogP contribution is -2.12. The SMILES string of the molecule is CN=C(SC)c1ccc(C(C)(C)C)cc1C. The summed E-state index contributed by atoms with van der Waals surface area (Å²) in [6, 6.07) is 6.68. The van der Waals surface area contributed by atoms with E-state index in [0.29, 0.717) is 0 Å². The standard InChI is InChI=1S/C14H21NS/c1-10-9-11(14(2,3)4)7-8-12(10)13(15-5)16-6/h7-9H,1-6H3. The summed E-state index contributed by atoms with van der Waals surface area (Å²) in [4.78, 5) is 4.31. The molecular weight excluding hydrogens is 214 g/mol. The van der Waals surface area contributed by atoms with Crippen molar-refractivity contribution in [3.8, 4) is 0 Å². The van der Waals surface area contributed by atoms with Crippen molar-refractivity contribution in [2.24, 2.45) is 4.99 Å². The van der Waals surface area contributed by atoms with E-state index < -0.39 is 0 Å². The van der Waals surface area contributed by atoms with Gasteiger partial charge in [-0.2, -0.15) is 0 Å². The lowest BCUT2D eigenvalue weighted by Gasteiger charge is -2.20. The second kappa shape index (κ2) is 5.05. The normalized spacial score (nSPS) is 13.0. The molecule has 0 fully saturated rings. The third-order valence-corrected chi connectivity index (χ3v) is 3.51. The molecule has 0 atom stereocenters. The van der Waals surface area contributed by atoms with Crippen LogP contribution >= 0.6 is 11.8 Å². The third-order valence-electron chi connectivity index (χ3n) is 2.72. The largest absolute Gasteiger partial charge is 0.281 e. The Kier molecular flexibility index (Phi) is 4.20. The van der Waals surface area contributed by atoms with Crippen molar-refractivity contribution in [3.63, 3.8) is 0 Å². The molecule has 16 heavy (non-hydrogen) atoms. The number of aryl methyl sites for hydroxylation is 1. The van der Waals surface area contributed by atoms with Crippen LogP contribution in [-0.4, -0.2) is 18.3 Å². The van der Waals surface area contributed by atoms with Crippen molar-refractivity contribution in [1.82, 2.24) is 0 Å². The van der Waals surface area contributed by atoms with Gasteiger partial charge < -0.3 is 0 Å². The fourth-order valence-electron chi connectivity index (χ4n) is 1.69. The minimum Gasteiger partial charge on any atom is -0.281 e. The van der Waals surface area contributed by atoms with E-state index in [9.17, 15) is 0 Å². The lowest BCUT2D eigenvalue weighted by atomic mass is 9.85. The highest BCUT2D eigenvalue weighted by atomic mass is 32.2. The van der Waals surface area contributed by atoms with Crippen LogP contribution in [0.15, 0.2) is 23.2 Å². The minimum atomic E-state index is 0.214. The van der Waals surface area contributed by atoms with Crippen molar-refractivity contribution >= 4 is 16.8 Å². The smallest absolute Gasteiger partial charge is 0.0973 e. The maximum absolute atomic E-state index is 4.31. The van der Waals surface area contributed by atoms with E-state index in [1.54, 1.807) is 11.8 Å². The summed E-state index contributed by atoms with van der Waals surface area (Å²) in [6.07, 6.45) is 2.07. The molecular formula is C14H21NS. The predicted molar refractivity (Wildman–Crippen MR) is 75.9 cm³/mol. The number of hydrogen-bond donors (Lipinski definition) is 0. The van der Waals surface area contributed by atoms with Gasteiger partial charge in [0.05, 0.1) is 5.04 Å². The van der Waals surface area contributed by atoms with Gasteiger partial charge in [0, 0.05) is 12.6 Å². The van der Waals surface area contributed by atoms with Crippen molar-refractivity contribution in [1.29, 1.82) is 0 Å². The summed E-state index contributed by atoms with van der Waals surface area (Å²) in [6.45, 7) is 8.88. The summed E-state index contributed by atoms with van der Waals surface area (Å²) in [7, 11) is 1.85. The molecule has 0 saturated heterocycles. The Morgan fingerprint density at radius 3 is 2.25 bits per heavy atom. The van der Waals surface area contributed by atoms with Crippen LogP contribution < -0.4 is 0 Å². The average molecular weight is 235 g/mol. The number of thioether (sulfide) groups is 1. The van der Waals surface area contributed by atoms with Crippen LogP contribution in [0.2, 0.25) is 0 Å². The lowest BCUT2D eigenvalue weighted by molar-refractivity contribution is 0.589. The van der Waals surface area contributed by atoms with Gasteiger partial charge >= 0.3 is 0 Å². The Balaban J connectivity index is 3.20. The molecule has 0 bridgehead atoms. The zero-order chi connectivity index (χ0) is 12.3. The number of aliphatic imine (C=N–C) groups is 1. The van der Waals surface area contributed by atoms with Crippen molar-refractivity contribution in [3.05, 3.63) is 34.9 Å². The molecule has 0 unspecified atom stereocenters. The Bertz CT molecular complexity index is 400. The van der Waals surface area contributed by atoms with E-state index >= 15 is 0 Å². The molecule has 0 aliphatic carbocycles. The molecule has 0 amide bonds. The Morgan fingerprint density at radius 1 is 1.25 bits per heavy atom. The summed E-state index contributed by atoms with van der Waals surface area (Å²) in [5.74, 6) is 0. The molecule has 0 aromatic heterocycles. The van der Waals surface area contributed by atoms with Crippen LogP contribution in [0, 0.1) is 6.92 Å². The van der Waals surface area contributed by atoms with Crippen LogP contribution in [-0.2, 0) is 5.41 Å². The van der Waals surface area contributed by atoms with E-state index in [1.807, 2.05) is 7.05 Å². The average Bonchev–Trinajstić information content (AvgIpc) is 2.20. The number of hydrogen-bond acceptors (Lipinski definition) is 2. The van der Waals surface area contributed by atoms with Gasteiger partial charge in [-0.1, -0.05) is 39.0 Å². The molecule has 0 aliphatic rings. The predicted octanol–water partition coefficient (Wildman–Crippen LogP) is 4.03. The van der Waals surface area contributed by atoms with Crippen molar-refractivity contribution in [2.45, 2.75) is 33.1 Å². The second-order valence-corrected chi connectivity index (χ2v) is 5.81. The summed E-state index contributed by atoms with van der Waals surface area (Å²) < 4.78 is 0. The molecule has 2 heteroatoms. The van der Waals surface area contributed by atoms with E-state index in [2.05, 4.69) is 57.1 Å². The Labute approximate surface area is 103 Å². The van der Waals surface area contributed by atoms with Gasteiger partial charge in [-0.15, -0.1) is 11.8 Å². The highest BCUT2D eigenvalue weighted by Crippen LogP contribution is 2.25. The van der Waals surface area contributed by atoms with Crippen LogP contribution in [0.25, 0.3) is 0 Å². The number of rotatable bonds is 1. The first-order valence-electron chi connectivity index (χ1n) is 5.52. The molecule has 1 aromatic rings. The minimum absolute atomic E-state index is 0.214. The van der Waals surface area contributed by atoms with Gasteiger partial charge in [0.25, 0.3) is 0 Å². The fourth-order valence-corrected chi connectivity index (χ4v) is 2.32. The monoisotopic (exact) mass is 235 g/mol. The van der Waals surface area contributed by atoms with Gasteiger partial charge in [0.15, 0.2) is 0 Å². The fraction of sp³-hybridized carbons (Fsp3) is 0.500. The molecule has 0 N–H and O–H groups in total. The van der Waals surface area contributed by atoms with Crippen LogP contribution in [0.5, 0.6) is 0 Å². The third kappa shape index (κ3) is 2.88. The van der Waals surface area contributed by atoms with E-state index in [-0.39, 0.29) is 5.41 Å². The molecule has 88 valence electrons. The zero-order valence-corrected chi connectivity index (χ0v) is 11.9. The highest BCUT2D eigenvalue weighted by Gasteiger charge is 2.15. The van der Waals surface area contributed by atoms with Crippen molar-refractivity contribution < 1.29 is 0 Å². The maximum Gasteiger partial charge on any atom is 0.0973 e. The maximum atomic E-state index is 4.31. The van der Waals surface area contributed by atoms with Gasteiger partial charge in [-0.25, -0.2) is 0 Å². The quantitative estimate of drug-likeness (QED) is 0.529. The summed E-state index contributed by atoms with van der Waals surface area (Å²) in [5, 5.41) is 1.11. The molecule has 0 radical (unpaired) electrons. The zero-order valence-electron chi connectivity index (χ0n) is 11.1. The number of benzene rings is 1. The molecule has 1 nitrogen and oxygen atoms in total. The molecule has 0 spiro atoms. The van der Waals surface area contributed by atoms with Crippen molar-refractivity contribution in [2.75, 3.05) is 13.3 Å². The topological polar surface area (TPSA) is 12.4 Å². The Hall–Kier alpha value is -0.760. The molecule has 0 saturated carbocycles. The Morgan fingerprint density at radius 2 is 1.88 bits per heavy atom. The highest BCUT2D eigenvalue weighted by molar-refractivity contribution is 8.13. The van der Waals surface area contributed by atoms with Gasteiger partial charge in [0.1, 0.15) is 0 Å². The molecule has 1 rings (SSSR count). The van der Waals surface area contributed by atoms with E-state index in [0.717, 1.165) is 5.04 Å². The van der Waals surface area contributed by atoms with Crippen LogP contribution in [0.1, 0.15) is 37.5 Å². The van der Waals surface area contributed by atoms with E-state index in [1.165, 1.54) is 16.7 Å². The summed E-state index contributed by atoms with van der Waals surface area (Å²) >= 11 is 1.70. The van der Waals surface area contributed by atoms with E-state index in [4.69, 9.17) is 0 Å². The first-order valence-corrected chi connectivity index (χ1v) is 6.75. The number of nitrogens with zero attached hydrogens (tertiary/aromatic N) is 1. The molecule has 0 heterocycles.